The maximum atomic E-state index is 11.8. The number of amides is 2. The van der Waals surface area contributed by atoms with E-state index in [1.54, 1.807) is 30.3 Å². The summed E-state index contributed by atoms with van der Waals surface area (Å²) in [5.74, 6) is 0.580. The van der Waals surface area contributed by atoms with E-state index in [1.807, 2.05) is 25.1 Å². The SMILES string of the molecule is COc1ccccc1OCC(=O)NNC(=S)NC(=O)COc1cccc(C)c1. The van der Waals surface area contributed by atoms with Crippen molar-refractivity contribution in [1.82, 2.24) is 16.2 Å². The molecule has 0 unspecified atom stereocenters. The van der Waals surface area contributed by atoms with Gasteiger partial charge in [-0.05, 0) is 49.0 Å². The number of hydrazine groups is 1. The molecule has 0 radical (unpaired) electrons. The van der Waals surface area contributed by atoms with E-state index in [1.165, 1.54) is 7.11 Å². The van der Waals surface area contributed by atoms with Gasteiger partial charge in [0.2, 0.25) is 0 Å². The molecule has 0 heterocycles. The summed E-state index contributed by atoms with van der Waals surface area (Å²) in [5.41, 5.74) is 5.77. The fraction of sp³-hybridized carbons (Fsp3) is 0.211. The maximum Gasteiger partial charge on any atom is 0.276 e. The lowest BCUT2D eigenvalue weighted by molar-refractivity contribution is -0.124. The van der Waals surface area contributed by atoms with E-state index in [9.17, 15) is 9.59 Å². The number of hydrogen-bond acceptors (Lipinski definition) is 6. The maximum absolute atomic E-state index is 11.8. The fourth-order valence-corrected chi connectivity index (χ4v) is 2.26. The van der Waals surface area contributed by atoms with Gasteiger partial charge in [0.25, 0.3) is 11.8 Å². The molecule has 0 fully saturated rings. The van der Waals surface area contributed by atoms with Gasteiger partial charge >= 0.3 is 0 Å². The molecular weight excluding hydrogens is 382 g/mol. The number of carbonyl (C=O) groups excluding carboxylic acids is 2. The molecule has 0 aliphatic rings. The lowest BCUT2D eigenvalue weighted by Gasteiger charge is -2.13. The van der Waals surface area contributed by atoms with Crippen LogP contribution in [0, 0.1) is 6.92 Å². The Bertz CT molecular complexity index is 844. The third-order valence-electron chi connectivity index (χ3n) is 3.36. The van der Waals surface area contributed by atoms with Gasteiger partial charge in [0, 0.05) is 0 Å². The molecule has 2 aromatic carbocycles. The van der Waals surface area contributed by atoms with Gasteiger partial charge in [-0.2, -0.15) is 0 Å². The molecule has 8 nitrogen and oxygen atoms in total. The van der Waals surface area contributed by atoms with E-state index in [2.05, 4.69) is 16.2 Å². The molecule has 148 valence electrons. The number of thiocarbonyl (C=S) groups is 1. The number of methoxy groups -OCH3 is 1. The third kappa shape index (κ3) is 7.12. The summed E-state index contributed by atoms with van der Waals surface area (Å²) in [6, 6.07) is 14.3. The van der Waals surface area contributed by atoms with E-state index in [-0.39, 0.29) is 18.3 Å². The van der Waals surface area contributed by atoms with Crippen LogP contribution in [0.2, 0.25) is 0 Å². The van der Waals surface area contributed by atoms with Crippen LogP contribution in [0.3, 0.4) is 0 Å². The normalized spacial score (nSPS) is 9.79. The van der Waals surface area contributed by atoms with Crippen LogP contribution in [0.15, 0.2) is 48.5 Å². The standard InChI is InChI=1S/C19H21N3O5S/c1-13-6-5-7-14(10-13)26-11-17(23)20-19(28)22-21-18(24)12-27-16-9-4-3-8-15(16)25-2/h3-10H,11-12H2,1-2H3,(H,21,24)(H2,20,22,23,28). The molecule has 0 aliphatic carbocycles. The van der Waals surface area contributed by atoms with Crippen LogP contribution in [0.1, 0.15) is 5.56 Å². The zero-order valence-corrected chi connectivity index (χ0v) is 16.3. The largest absolute Gasteiger partial charge is 0.493 e. The van der Waals surface area contributed by atoms with E-state index in [0.29, 0.717) is 17.2 Å². The number of benzene rings is 2. The van der Waals surface area contributed by atoms with Gasteiger partial charge in [-0.3, -0.25) is 25.8 Å². The van der Waals surface area contributed by atoms with Crippen LogP contribution in [0.25, 0.3) is 0 Å². The number of ether oxygens (including phenoxy) is 3. The van der Waals surface area contributed by atoms with Crippen LogP contribution in [0.4, 0.5) is 0 Å². The average Bonchev–Trinajstić information content (AvgIpc) is 2.69. The smallest absolute Gasteiger partial charge is 0.276 e. The van der Waals surface area contributed by atoms with Gasteiger partial charge in [0.05, 0.1) is 7.11 Å². The summed E-state index contributed by atoms with van der Waals surface area (Å²) < 4.78 is 15.9. The number of aryl methyl sites for hydroxylation is 1. The summed E-state index contributed by atoms with van der Waals surface area (Å²) in [6.07, 6.45) is 0. The van der Waals surface area contributed by atoms with Crippen molar-refractivity contribution in [1.29, 1.82) is 0 Å². The van der Waals surface area contributed by atoms with Crippen molar-refractivity contribution in [3.05, 3.63) is 54.1 Å². The summed E-state index contributed by atoms with van der Waals surface area (Å²) >= 11 is 4.94. The van der Waals surface area contributed by atoms with Gasteiger partial charge < -0.3 is 14.2 Å². The highest BCUT2D eigenvalue weighted by Gasteiger charge is 2.09. The van der Waals surface area contributed by atoms with Crippen molar-refractivity contribution in [2.75, 3.05) is 20.3 Å². The molecule has 3 N–H and O–H groups in total. The first-order valence-corrected chi connectivity index (χ1v) is 8.72. The van der Waals surface area contributed by atoms with Gasteiger partial charge in [0.15, 0.2) is 29.8 Å². The molecule has 28 heavy (non-hydrogen) atoms. The first-order chi connectivity index (χ1) is 13.5. The lowest BCUT2D eigenvalue weighted by Crippen LogP contribution is -2.50. The average molecular weight is 403 g/mol. The Labute approximate surface area is 168 Å². The lowest BCUT2D eigenvalue weighted by atomic mass is 10.2. The first kappa shape index (κ1) is 21.0. The minimum absolute atomic E-state index is 0.0662. The number of carbonyl (C=O) groups is 2. The molecule has 0 saturated heterocycles. The highest BCUT2D eigenvalue weighted by Crippen LogP contribution is 2.25. The molecule has 2 rings (SSSR count). The summed E-state index contributed by atoms with van der Waals surface area (Å²) in [5, 5.41) is 2.33. The van der Waals surface area contributed by atoms with Crippen molar-refractivity contribution >= 4 is 29.1 Å². The number of rotatable bonds is 7. The van der Waals surface area contributed by atoms with Gasteiger partial charge in [-0.25, -0.2) is 0 Å². The number of para-hydroxylation sites is 2. The molecule has 0 aliphatic heterocycles. The fourth-order valence-electron chi connectivity index (χ4n) is 2.09. The summed E-state index contributed by atoms with van der Waals surface area (Å²) in [4.78, 5) is 23.6. The Morgan fingerprint density at radius 2 is 1.64 bits per heavy atom. The first-order valence-electron chi connectivity index (χ1n) is 8.32. The molecule has 9 heteroatoms. The third-order valence-corrected chi connectivity index (χ3v) is 3.56. The van der Waals surface area contributed by atoms with E-state index in [4.69, 9.17) is 26.4 Å². The van der Waals surface area contributed by atoms with Crippen LogP contribution in [-0.2, 0) is 9.59 Å². The number of nitrogens with one attached hydrogen (secondary N) is 3. The van der Waals surface area contributed by atoms with Crippen LogP contribution >= 0.6 is 12.2 Å². The second-order valence-electron chi connectivity index (χ2n) is 5.60. The van der Waals surface area contributed by atoms with Crippen molar-refractivity contribution in [2.24, 2.45) is 0 Å². The van der Waals surface area contributed by atoms with Gasteiger partial charge in [-0.15, -0.1) is 0 Å². The topological polar surface area (TPSA) is 97.9 Å². The van der Waals surface area contributed by atoms with Crippen molar-refractivity contribution < 1.29 is 23.8 Å². The van der Waals surface area contributed by atoms with Gasteiger partial charge in [0.1, 0.15) is 5.75 Å². The summed E-state index contributed by atoms with van der Waals surface area (Å²) in [7, 11) is 1.51. The van der Waals surface area contributed by atoms with Crippen LogP contribution < -0.4 is 30.4 Å². The molecule has 0 aromatic heterocycles. The Hall–Kier alpha value is -3.33. The molecule has 2 aromatic rings. The predicted octanol–water partition coefficient (Wildman–Crippen LogP) is 1.48. The Morgan fingerprint density at radius 3 is 2.36 bits per heavy atom. The summed E-state index contributed by atoms with van der Waals surface area (Å²) in [6.45, 7) is 1.45. The zero-order chi connectivity index (χ0) is 20.4. The molecule has 0 bridgehead atoms. The van der Waals surface area contributed by atoms with Crippen molar-refractivity contribution in [3.8, 4) is 17.2 Å². The highest BCUT2D eigenvalue weighted by atomic mass is 32.1. The quantitative estimate of drug-likeness (QED) is 0.476. The molecule has 2 amide bonds. The predicted molar refractivity (Wildman–Crippen MR) is 107 cm³/mol. The van der Waals surface area contributed by atoms with Crippen molar-refractivity contribution in [2.45, 2.75) is 6.92 Å². The Balaban J connectivity index is 1.67. The second kappa shape index (κ2) is 10.7. The minimum Gasteiger partial charge on any atom is -0.493 e. The van der Waals surface area contributed by atoms with Gasteiger partial charge in [-0.1, -0.05) is 24.3 Å². The van der Waals surface area contributed by atoms with E-state index < -0.39 is 11.8 Å². The highest BCUT2D eigenvalue weighted by molar-refractivity contribution is 7.80. The zero-order valence-electron chi connectivity index (χ0n) is 15.5. The minimum atomic E-state index is -0.487. The second-order valence-corrected chi connectivity index (χ2v) is 6.00. The van der Waals surface area contributed by atoms with Crippen LogP contribution in [-0.4, -0.2) is 37.3 Å². The molecular formula is C19H21N3O5S. The molecule has 0 spiro atoms. The van der Waals surface area contributed by atoms with Crippen LogP contribution in [0.5, 0.6) is 17.2 Å². The monoisotopic (exact) mass is 403 g/mol. The van der Waals surface area contributed by atoms with E-state index in [0.717, 1.165) is 5.56 Å². The van der Waals surface area contributed by atoms with E-state index >= 15 is 0 Å². The Kier molecular flexibility index (Phi) is 8.04. The molecule has 0 atom stereocenters. The van der Waals surface area contributed by atoms with Crippen molar-refractivity contribution in [3.63, 3.8) is 0 Å². The number of hydrogen-bond donors (Lipinski definition) is 3. The molecule has 0 saturated carbocycles. The Morgan fingerprint density at radius 1 is 0.929 bits per heavy atom.